The molecule has 6 aliphatic rings. The number of hydrogen-bond acceptors (Lipinski definition) is 7. The zero-order chi connectivity index (χ0) is 22.1. The second kappa shape index (κ2) is 6.10. The monoisotopic (exact) mass is 435 g/mol. The summed E-state index contributed by atoms with van der Waals surface area (Å²) in [5.74, 6) is -1.22. The molecule has 2 N–H and O–H groups in total. The third-order valence-corrected chi connectivity index (χ3v) is 10.9. The number of methoxy groups -OCH3 is 3. The first-order valence-electron chi connectivity index (χ1n) is 12.0. The molecule has 6 rings (SSSR count). The lowest BCUT2D eigenvalue weighted by Gasteiger charge is -2.70. The van der Waals surface area contributed by atoms with Crippen LogP contribution in [0.4, 0.5) is 0 Å². The summed E-state index contributed by atoms with van der Waals surface area (Å²) in [6, 6.07) is -0.216. The number of ketones is 1. The summed E-state index contributed by atoms with van der Waals surface area (Å²) in [6.45, 7) is 5.98. The van der Waals surface area contributed by atoms with Gasteiger partial charge in [0, 0.05) is 58.1 Å². The number of fused-ring (bicyclic) bond motifs is 2. The Hall–Kier alpha value is -0.570. The number of carbonyl (C=O) groups excluding carboxylic acids is 1. The minimum atomic E-state index is -1.34. The molecule has 0 aromatic carbocycles. The first-order chi connectivity index (χ1) is 14.7. The molecule has 5 saturated carbocycles. The van der Waals surface area contributed by atoms with Gasteiger partial charge in [0.25, 0.3) is 0 Å². The van der Waals surface area contributed by atoms with Gasteiger partial charge >= 0.3 is 0 Å². The molecule has 7 heteroatoms. The van der Waals surface area contributed by atoms with E-state index in [2.05, 4.69) is 18.7 Å². The Morgan fingerprint density at radius 2 is 1.87 bits per heavy atom. The van der Waals surface area contributed by atoms with Crippen molar-refractivity contribution in [1.82, 2.24) is 4.90 Å². The van der Waals surface area contributed by atoms with Crippen LogP contribution < -0.4 is 0 Å². The highest BCUT2D eigenvalue weighted by molar-refractivity contribution is 5.92. The summed E-state index contributed by atoms with van der Waals surface area (Å²) in [5, 5.41) is 25.3. The van der Waals surface area contributed by atoms with Crippen molar-refractivity contribution < 1.29 is 29.2 Å². The molecule has 1 spiro atoms. The van der Waals surface area contributed by atoms with E-state index in [0.717, 1.165) is 25.9 Å². The third-order valence-electron chi connectivity index (χ3n) is 10.9. The zero-order valence-electron chi connectivity index (χ0n) is 19.3. The van der Waals surface area contributed by atoms with Gasteiger partial charge in [0.05, 0.1) is 40.8 Å². The van der Waals surface area contributed by atoms with Gasteiger partial charge in [-0.25, -0.2) is 0 Å². The van der Waals surface area contributed by atoms with Crippen molar-refractivity contribution in [3.8, 4) is 0 Å². The summed E-state index contributed by atoms with van der Waals surface area (Å²) < 4.78 is 18.0. The minimum absolute atomic E-state index is 0.00408. The van der Waals surface area contributed by atoms with Crippen molar-refractivity contribution >= 4 is 5.78 Å². The van der Waals surface area contributed by atoms with E-state index in [0.29, 0.717) is 12.8 Å². The summed E-state index contributed by atoms with van der Waals surface area (Å²) in [4.78, 5) is 16.7. The Balaban J connectivity index is 1.68. The molecule has 6 fully saturated rings. The number of rotatable bonds is 4. The van der Waals surface area contributed by atoms with Crippen LogP contribution >= 0.6 is 0 Å². The standard InChI is InChI=1S/C24H37NO6/c1-6-25-11-21(2)8-7-14(30-4)24-18(21)16(26)15(20(24)25)22(27)10-13(29-3)12-9-23(24,28)19(22)17(12)31-5/h12-15,17-20,27-28H,6-11H2,1-5H3/t12-,13+,14+,15+,17+,18-,19-,20-,21+,22+,23+,24-/m1/s1. The van der Waals surface area contributed by atoms with Crippen LogP contribution in [0.2, 0.25) is 0 Å². The summed E-state index contributed by atoms with van der Waals surface area (Å²) in [7, 11) is 5.05. The topological polar surface area (TPSA) is 88.5 Å². The third kappa shape index (κ3) is 1.92. The lowest BCUT2D eigenvalue weighted by atomic mass is 9.41. The van der Waals surface area contributed by atoms with Gasteiger partial charge in [0.1, 0.15) is 5.78 Å². The molecule has 1 heterocycles. The van der Waals surface area contributed by atoms with E-state index >= 15 is 0 Å². The van der Waals surface area contributed by atoms with Gasteiger partial charge in [-0.15, -0.1) is 0 Å². The summed E-state index contributed by atoms with van der Waals surface area (Å²) in [5.41, 5.74) is -3.53. The first-order valence-corrected chi connectivity index (χ1v) is 12.0. The fourth-order valence-electron chi connectivity index (χ4n) is 10.4. The van der Waals surface area contributed by atoms with E-state index in [1.165, 1.54) is 0 Å². The maximum absolute atomic E-state index is 14.3. The Bertz CT molecular complexity index is 822. The summed E-state index contributed by atoms with van der Waals surface area (Å²) in [6.07, 6.45) is 1.80. The fourth-order valence-corrected chi connectivity index (χ4v) is 10.4. The predicted octanol–water partition coefficient (Wildman–Crippen LogP) is 0.853. The number of carbonyl (C=O) groups is 1. The van der Waals surface area contributed by atoms with Crippen molar-refractivity contribution in [2.24, 2.45) is 34.5 Å². The molecular weight excluding hydrogens is 398 g/mol. The lowest BCUT2D eigenvalue weighted by Crippen LogP contribution is -2.81. The molecule has 31 heavy (non-hydrogen) atoms. The smallest absolute Gasteiger partial charge is 0.144 e. The normalized spacial score (nSPS) is 61.7. The highest BCUT2D eigenvalue weighted by Gasteiger charge is 2.90. The van der Waals surface area contributed by atoms with Crippen LogP contribution in [0.3, 0.4) is 0 Å². The molecule has 1 aliphatic heterocycles. The van der Waals surface area contributed by atoms with Crippen molar-refractivity contribution in [3.63, 3.8) is 0 Å². The van der Waals surface area contributed by atoms with E-state index in [4.69, 9.17) is 14.2 Å². The molecule has 0 unspecified atom stereocenters. The SMILES string of the molecule is CCN1C[C@]2(C)CC[C@H](OC)[C@@]34[C@@H]2C(=O)[C@@H]([C@@H]13)[C@@]1(O)C[C@H](OC)[C@H]2C[C@]4(O)[C@@H]1[C@H]2OC. The van der Waals surface area contributed by atoms with Gasteiger partial charge < -0.3 is 24.4 Å². The number of nitrogens with zero attached hydrogens (tertiary/aromatic N) is 1. The van der Waals surface area contributed by atoms with Crippen LogP contribution in [0, 0.1) is 34.5 Å². The van der Waals surface area contributed by atoms with E-state index < -0.39 is 28.5 Å². The Labute approximate surface area is 184 Å². The Kier molecular flexibility index (Phi) is 4.13. The van der Waals surface area contributed by atoms with Crippen molar-refractivity contribution in [3.05, 3.63) is 0 Å². The summed E-state index contributed by atoms with van der Waals surface area (Å²) >= 11 is 0. The van der Waals surface area contributed by atoms with Gasteiger partial charge in [0.2, 0.25) is 0 Å². The molecule has 0 radical (unpaired) electrons. The van der Waals surface area contributed by atoms with E-state index in [1.54, 1.807) is 21.3 Å². The average Bonchev–Trinajstić information content (AvgIpc) is 3.14. The number of piperidine rings is 1. The van der Waals surface area contributed by atoms with Gasteiger partial charge in [-0.05, 0) is 31.2 Å². The van der Waals surface area contributed by atoms with Crippen molar-refractivity contribution in [1.29, 1.82) is 0 Å². The number of likely N-dealkylation sites (tertiary alicyclic amines) is 1. The van der Waals surface area contributed by atoms with E-state index in [-0.39, 0.29) is 47.4 Å². The van der Waals surface area contributed by atoms with Gasteiger partial charge in [-0.1, -0.05) is 13.8 Å². The predicted molar refractivity (Wildman–Crippen MR) is 111 cm³/mol. The first kappa shape index (κ1) is 21.0. The molecule has 12 atom stereocenters. The van der Waals surface area contributed by atoms with Crippen molar-refractivity contribution in [2.75, 3.05) is 34.4 Å². The van der Waals surface area contributed by atoms with Crippen LogP contribution in [0.5, 0.6) is 0 Å². The largest absolute Gasteiger partial charge is 0.389 e. The van der Waals surface area contributed by atoms with E-state index in [1.807, 2.05) is 0 Å². The number of hydrogen-bond donors (Lipinski definition) is 2. The molecule has 0 aromatic rings. The maximum atomic E-state index is 14.3. The average molecular weight is 436 g/mol. The number of aliphatic hydroxyl groups is 2. The zero-order valence-corrected chi connectivity index (χ0v) is 19.3. The molecule has 0 amide bonds. The molecule has 174 valence electrons. The molecule has 7 bridgehead atoms. The minimum Gasteiger partial charge on any atom is -0.389 e. The molecule has 5 aliphatic carbocycles. The van der Waals surface area contributed by atoms with Gasteiger partial charge in [-0.3, -0.25) is 9.69 Å². The second-order valence-corrected chi connectivity index (χ2v) is 11.6. The van der Waals surface area contributed by atoms with Crippen LogP contribution in [0.1, 0.15) is 39.5 Å². The molecule has 1 saturated heterocycles. The Morgan fingerprint density at radius 1 is 1.13 bits per heavy atom. The quantitative estimate of drug-likeness (QED) is 0.677. The van der Waals surface area contributed by atoms with E-state index in [9.17, 15) is 15.0 Å². The number of ether oxygens (including phenoxy) is 3. The van der Waals surface area contributed by atoms with Crippen LogP contribution in [-0.2, 0) is 19.0 Å². The van der Waals surface area contributed by atoms with Gasteiger partial charge in [0.15, 0.2) is 0 Å². The second-order valence-electron chi connectivity index (χ2n) is 11.6. The Morgan fingerprint density at radius 3 is 2.48 bits per heavy atom. The molecule has 7 nitrogen and oxygen atoms in total. The maximum Gasteiger partial charge on any atom is 0.144 e. The van der Waals surface area contributed by atoms with Crippen molar-refractivity contribution in [2.45, 2.75) is 75.1 Å². The van der Waals surface area contributed by atoms with Crippen LogP contribution in [0.25, 0.3) is 0 Å². The highest BCUT2D eigenvalue weighted by Crippen LogP contribution is 2.79. The lowest BCUT2D eigenvalue weighted by molar-refractivity contribution is -0.325. The molecular formula is C24H37NO6. The molecule has 0 aromatic heterocycles. The fraction of sp³-hybridized carbons (Fsp3) is 0.958. The highest BCUT2D eigenvalue weighted by atomic mass is 16.5. The van der Waals surface area contributed by atoms with Crippen LogP contribution in [-0.4, -0.2) is 90.9 Å². The van der Waals surface area contributed by atoms with Crippen LogP contribution in [0.15, 0.2) is 0 Å². The number of Topliss-reactive ketones (excluding diaryl/α,β-unsaturated/α-hetero) is 1. The van der Waals surface area contributed by atoms with Gasteiger partial charge in [-0.2, -0.15) is 0 Å².